The smallest absolute Gasteiger partial charge is 0.405 e. The topological polar surface area (TPSA) is 67.8 Å². The van der Waals surface area contributed by atoms with Gasteiger partial charge in [-0.1, -0.05) is 24.3 Å². The third-order valence-corrected chi connectivity index (χ3v) is 3.25. The van der Waals surface area contributed by atoms with Crippen LogP contribution in [0.5, 0.6) is 0 Å². The molecule has 1 saturated heterocycles. The lowest BCUT2D eigenvalue weighted by molar-refractivity contribution is -0.133. The van der Waals surface area contributed by atoms with Crippen molar-refractivity contribution in [3.05, 3.63) is 29.8 Å². The lowest BCUT2D eigenvalue weighted by atomic mass is 9.79. The van der Waals surface area contributed by atoms with E-state index >= 15 is 0 Å². The van der Waals surface area contributed by atoms with Crippen LogP contribution in [0.25, 0.3) is 0 Å². The van der Waals surface area contributed by atoms with Gasteiger partial charge in [0.2, 0.25) is 0 Å². The standard InChI is InChI=1S/C13H15BF3NO4/c15-7-10(18-13(20)12(16)17)11(19)8-1-3-9(4-2-8)14-21-5-6-22-14/h1-4,10-12,19H,5-7H2,(H,18,20)/t10-,11-/m1/s1. The van der Waals surface area contributed by atoms with Crippen LogP contribution in [-0.2, 0) is 14.1 Å². The van der Waals surface area contributed by atoms with Crippen molar-refractivity contribution in [3.8, 4) is 0 Å². The maximum Gasteiger partial charge on any atom is 0.494 e. The molecule has 22 heavy (non-hydrogen) atoms. The Morgan fingerprint density at radius 3 is 2.36 bits per heavy atom. The second-order valence-electron chi connectivity index (χ2n) is 4.76. The van der Waals surface area contributed by atoms with E-state index in [9.17, 15) is 23.1 Å². The first-order chi connectivity index (χ1) is 10.5. The summed E-state index contributed by atoms with van der Waals surface area (Å²) in [6.45, 7) is -0.201. The number of carbonyl (C=O) groups is 1. The highest BCUT2D eigenvalue weighted by molar-refractivity contribution is 6.61. The minimum Gasteiger partial charge on any atom is -0.405 e. The van der Waals surface area contributed by atoms with Gasteiger partial charge in [0, 0.05) is 0 Å². The predicted molar refractivity (Wildman–Crippen MR) is 72.6 cm³/mol. The molecule has 1 amide bonds. The van der Waals surface area contributed by atoms with Gasteiger partial charge in [0.1, 0.15) is 12.8 Å². The summed E-state index contributed by atoms with van der Waals surface area (Å²) in [6, 6.07) is 4.81. The maximum atomic E-state index is 12.9. The molecule has 9 heteroatoms. The van der Waals surface area contributed by atoms with Gasteiger partial charge in [0.15, 0.2) is 0 Å². The number of hydrogen-bond donors (Lipinski definition) is 2. The van der Waals surface area contributed by atoms with E-state index in [2.05, 4.69) is 0 Å². The maximum absolute atomic E-state index is 12.9. The summed E-state index contributed by atoms with van der Waals surface area (Å²) in [4.78, 5) is 10.9. The van der Waals surface area contributed by atoms with E-state index in [1.54, 1.807) is 17.4 Å². The molecule has 1 aromatic rings. The Hall–Kier alpha value is -1.58. The van der Waals surface area contributed by atoms with Gasteiger partial charge in [0.05, 0.1) is 19.3 Å². The van der Waals surface area contributed by atoms with Crippen LogP contribution in [0.1, 0.15) is 11.7 Å². The second kappa shape index (κ2) is 7.62. The van der Waals surface area contributed by atoms with Crippen LogP contribution in [-0.4, -0.2) is 50.5 Å². The Balaban J connectivity index is 2.03. The molecule has 0 spiro atoms. The number of aliphatic hydroxyl groups excluding tert-OH is 1. The molecular formula is C13H15BF3NO4. The molecule has 1 aliphatic heterocycles. The van der Waals surface area contributed by atoms with Gasteiger partial charge in [-0.2, -0.15) is 8.78 Å². The van der Waals surface area contributed by atoms with E-state index in [0.717, 1.165) is 5.46 Å². The normalized spacial score (nSPS) is 17.6. The van der Waals surface area contributed by atoms with E-state index in [1.165, 1.54) is 12.1 Å². The Morgan fingerprint density at radius 1 is 1.27 bits per heavy atom. The number of rotatable bonds is 6. The SMILES string of the molecule is O=C(N[C@H](CF)[C@H](O)c1ccc(B2OCCO2)cc1)C(F)F. The number of nitrogens with one attached hydrogen (secondary N) is 1. The Kier molecular flexibility index (Phi) is 5.81. The van der Waals surface area contributed by atoms with Crippen molar-refractivity contribution >= 4 is 18.5 Å². The van der Waals surface area contributed by atoms with Crippen LogP contribution in [0.15, 0.2) is 24.3 Å². The van der Waals surface area contributed by atoms with Gasteiger partial charge in [-0.3, -0.25) is 4.79 Å². The summed E-state index contributed by atoms with van der Waals surface area (Å²) in [7, 11) is -0.485. The first-order valence-electron chi connectivity index (χ1n) is 6.68. The fourth-order valence-electron chi connectivity index (χ4n) is 2.08. The largest absolute Gasteiger partial charge is 0.494 e. The molecule has 0 bridgehead atoms. The molecular weight excluding hydrogens is 302 g/mol. The summed E-state index contributed by atoms with van der Waals surface area (Å²) in [5.74, 6) is -1.62. The number of aliphatic hydroxyl groups is 1. The van der Waals surface area contributed by atoms with Crippen LogP contribution in [0.3, 0.4) is 0 Å². The average molecular weight is 317 g/mol. The Morgan fingerprint density at radius 2 is 1.86 bits per heavy atom. The predicted octanol–water partition coefficient (Wildman–Crippen LogP) is 0.181. The monoisotopic (exact) mass is 317 g/mol. The lowest BCUT2D eigenvalue weighted by Gasteiger charge is -2.22. The Labute approximate surface area is 125 Å². The molecule has 1 heterocycles. The highest BCUT2D eigenvalue weighted by Crippen LogP contribution is 2.17. The van der Waals surface area contributed by atoms with Gasteiger partial charge in [-0.15, -0.1) is 0 Å². The first-order valence-corrected chi connectivity index (χ1v) is 6.68. The number of benzene rings is 1. The molecule has 0 unspecified atom stereocenters. The highest BCUT2D eigenvalue weighted by Gasteiger charge is 2.28. The summed E-state index contributed by atoms with van der Waals surface area (Å²) >= 11 is 0. The second-order valence-corrected chi connectivity index (χ2v) is 4.76. The molecule has 5 nitrogen and oxygen atoms in total. The van der Waals surface area contributed by atoms with E-state index < -0.39 is 38.3 Å². The minimum atomic E-state index is -3.26. The highest BCUT2D eigenvalue weighted by atomic mass is 19.3. The number of hydrogen-bond acceptors (Lipinski definition) is 4. The molecule has 1 aromatic carbocycles. The summed E-state index contributed by atoms with van der Waals surface area (Å²) in [5.41, 5.74) is 1.01. The lowest BCUT2D eigenvalue weighted by Crippen LogP contribution is -2.43. The number of halogens is 3. The number of alkyl halides is 3. The van der Waals surface area contributed by atoms with Crippen LogP contribution in [0.2, 0.25) is 0 Å². The number of amides is 1. The van der Waals surface area contributed by atoms with Crippen molar-refractivity contribution in [3.63, 3.8) is 0 Å². The van der Waals surface area contributed by atoms with Crippen molar-refractivity contribution in [2.24, 2.45) is 0 Å². The minimum absolute atomic E-state index is 0.291. The van der Waals surface area contributed by atoms with Crippen molar-refractivity contribution in [2.45, 2.75) is 18.6 Å². The van der Waals surface area contributed by atoms with Gasteiger partial charge < -0.3 is 19.7 Å². The fourth-order valence-corrected chi connectivity index (χ4v) is 2.08. The van der Waals surface area contributed by atoms with Crippen molar-refractivity contribution in [1.29, 1.82) is 0 Å². The third kappa shape index (κ3) is 3.99. The molecule has 0 radical (unpaired) electrons. The zero-order valence-electron chi connectivity index (χ0n) is 11.5. The molecule has 0 aliphatic carbocycles. The third-order valence-electron chi connectivity index (χ3n) is 3.25. The van der Waals surface area contributed by atoms with E-state index in [-0.39, 0.29) is 0 Å². The average Bonchev–Trinajstić information content (AvgIpc) is 3.06. The zero-order valence-corrected chi connectivity index (χ0v) is 11.5. The molecule has 1 aliphatic rings. The van der Waals surface area contributed by atoms with Gasteiger partial charge in [-0.05, 0) is 11.0 Å². The van der Waals surface area contributed by atoms with Crippen LogP contribution in [0, 0.1) is 0 Å². The van der Waals surface area contributed by atoms with Crippen molar-refractivity contribution in [1.82, 2.24) is 5.32 Å². The quantitative estimate of drug-likeness (QED) is 0.735. The molecule has 2 atom stereocenters. The number of carbonyl (C=O) groups excluding carboxylic acids is 1. The molecule has 2 N–H and O–H groups in total. The van der Waals surface area contributed by atoms with Crippen molar-refractivity contribution in [2.75, 3.05) is 19.9 Å². The summed E-state index contributed by atoms with van der Waals surface area (Å²) in [5, 5.41) is 11.8. The van der Waals surface area contributed by atoms with Crippen LogP contribution >= 0.6 is 0 Å². The molecule has 0 saturated carbocycles. The van der Waals surface area contributed by atoms with E-state index in [0.29, 0.717) is 18.8 Å². The van der Waals surface area contributed by atoms with Crippen LogP contribution < -0.4 is 10.8 Å². The van der Waals surface area contributed by atoms with E-state index in [4.69, 9.17) is 9.31 Å². The molecule has 1 fully saturated rings. The fraction of sp³-hybridized carbons (Fsp3) is 0.462. The summed E-state index contributed by atoms with van der Waals surface area (Å²) in [6.07, 6.45) is -4.70. The first kappa shape index (κ1) is 16.8. The zero-order chi connectivity index (χ0) is 16.1. The van der Waals surface area contributed by atoms with Crippen LogP contribution in [0.4, 0.5) is 13.2 Å². The Bertz CT molecular complexity index is 497. The van der Waals surface area contributed by atoms with Gasteiger partial charge in [0.25, 0.3) is 5.91 Å². The molecule has 2 rings (SSSR count). The van der Waals surface area contributed by atoms with Gasteiger partial charge >= 0.3 is 13.5 Å². The van der Waals surface area contributed by atoms with E-state index in [1.807, 2.05) is 0 Å². The van der Waals surface area contributed by atoms with Crippen molar-refractivity contribution < 1.29 is 32.4 Å². The van der Waals surface area contributed by atoms with Gasteiger partial charge in [-0.25, -0.2) is 4.39 Å². The molecule has 0 aromatic heterocycles. The molecule has 120 valence electrons. The summed E-state index contributed by atoms with van der Waals surface area (Å²) < 4.78 is 47.8.